The van der Waals surface area contributed by atoms with Gasteiger partial charge in [0, 0.05) is 6.61 Å². The van der Waals surface area contributed by atoms with E-state index in [9.17, 15) is 4.79 Å². The molecular formula is C17H25NO3. The maximum absolute atomic E-state index is 11.9. The number of carbonyl (C=O) groups excluding carboxylic acids is 1. The minimum atomic E-state index is -0.518. The topological polar surface area (TPSA) is 58.6 Å². The predicted octanol–water partition coefficient (Wildman–Crippen LogP) is 3.06. The van der Waals surface area contributed by atoms with Crippen molar-refractivity contribution in [1.82, 2.24) is 5.32 Å². The van der Waals surface area contributed by atoms with Crippen molar-refractivity contribution >= 4 is 6.09 Å². The van der Waals surface area contributed by atoms with Gasteiger partial charge in [-0.2, -0.15) is 0 Å². The number of benzene rings is 1. The molecule has 0 saturated heterocycles. The molecule has 0 aliphatic heterocycles. The molecule has 1 atom stereocenters. The minimum absolute atomic E-state index is 0.0982. The van der Waals surface area contributed by atoms with Gasteiger partial charge in [0.1, 0.15) is 5.60 Å². The van der Waals surface area contributed by atoms with Crippen LogP contribution < -0.4 is 5.32 Å². The largest absolute Gasteiger partial charge is 0.444 e. The van der Waals surface area contributed by atoms with E-state index in [0.717, 1.165) is 5.56 Å². The first-order valence-electron chi connectivity index (χ1n) is 7.21. The molecule has 0 saturated carbocycles. The van der Waals surface area contributed by atoms with E-state index in [2.05, 4.69) is 5.32 Å². The molecule has 21 heavy (non-hydrogen) atoms. The second-order valence-electron chi connectivity index (χ2n) is 5.88. The van der Waals surface area contributed by atoms with Crippen LogP contribution in [0.25, 0.3) is 0 Å². The van der Waals surface area contributed by atoms with E-state index in [1.807, 2.05) is 63.3 Å². The van der Waals surface area contributed by atoms with Gasteiger partial charge in [-0.3, -0.25) is 0 Å². The number of aliphatic hydroxyl groups is 1. The lowest BCUT2D eigenvalue weighted by Gasteiger charge is -2.22. The highest BCUT2D eigenvalue weighted by Gasteiger charge is 2.18. The lowest BCUT2D eigenvalue weighted by molar-refractivity contribution is 0.0514. The molecule has 1 unspecified atom stereocenters. The van der Waals surface area contributed by atoms with Crippen LogP contribution in [0.3, 0.4) is 0 Å². The van der Waals surface area contributed by atoms with Gasteiger partial charge in [0.2, 0.25) is 0 Å². The highest BCUT2D eigenvalue weighted by atomic mass is 16.6. The van der Waals surface area contributed by atoms with E-state index in [0.29, 0.717) is 12.8 Å². The van der Waals surface area contributed by atoms with E-state index >= 15 is 0 Å². The van der Waals surface area contributed by atoms with Gasteiger partial charge in [0.15, 0.2) is 0 Å². The molecule has 1 amide bonds. The average molecular weight is 291 g/mol. The summed E-state index contributed by atoms with van der Waals surface area (Å²) >= 11 is 0. The lowest BCUT2D eigenvalue weighted by Crippen LogP contribution is -2.39. The van der Waals surface area contributed by atoms with Crippen LogP contribution in [0.5, 0.6) is 0 Å². The highest BCUT2D eigenvalue weighted by Crippen LogP contribution is 2.09. The number of hydrogen-bond donors (Lipinski definition) is 2. The lowest BCUT2D eigenvalue weighted by atomic mass is 10.1. The van der Waals surface area contributed by atoms with Crippen LogP contribution in [0.15, 0.2) is 42.5 Å². The zero-order valence-electron chi connectivity index (χ0n) is 13.0. The van der Waals surface area contributed by atoms with Crippen molar-refractivity contribution in [2.75, 3.05) is 6.61 Å². The summed E-state index contributed by atoms with van der Waals surface area (Å²) in [7, 11) is 0. The van der Waals surface area contributed by atoms with Gasteiger partial charge in [-0.15, -0.1) is 0 Å². The van der Waals surface area contributed by atoms with E-state index in [1.54, 1.807) is 0 Å². The molecule has 4 heteroatoms. The minimum Gasteiger partial charge on any atom is -0.444 e. The third-order valence-electron chi connectivity index (χ3n) is 2.66. The van der Waals surface area contributed by atoms with Crippen molar-refractivity contribution in [2.24, 2.45) is 0 Å². The Morgan fingerprint density at radius 2 is 2.00 bits per heavy atom. The third-order valence-corrected chi connectivity index (χ3v) is 2.66. The molecule has 1 aromatic carbocycles. The first-order chi connectivity index (χ1) is 9.90. The normalized spacial score (nSPS) is 13.1. The van der Waals surface area contributed by atoms with Gasteiger partial charge in [-0.25, -0.2) is 4.79 Å². The van der Waals surface area contributed by atoms with E-state index in [4.69, 9.17) is 9.84 Å². The number of nitrogens with one attached hydrogen (secondary N) is 1. The van der Waals surface area contributed by atoms with Gasteiger partial charge >= 0.3 is 6.09 Å². The van der Waals surface area contributed by atoms with Crippen LogP contribution in [0.1, 0.15) is 32.8 Å². The smallest absolute Gasteiger partial charge is 0.408 e. The van der Waals surface area contributed by atoms with Crippen molar-refractivity contribution in [3.8, 4) is 0 Å². The molecule has 2 N–H and O–H groups in total. The van der Waals surface area contributed by atoms with E-state index in [-0.39, 0.29) is 12.6 Å². The Labute approximate surface area is 126 Å². The number of aliphatic hydroxyl groups excluding tert-OH is 1. The summed E-state index contributed by atoms with van der Waals surface area (Å²) in [5.74, 6) is 0. The maximum atomic E-state index is 11.9. The van der Waals surface area contributed by atoms with Crippen molar-refractivity contribution in [2.45, 2.75) is 45.3 Å². The Balaban J connectivity index is 2.66. The fourth-order valence-corrected chi connectivity index (χ4v) is 1.83. The summed E-state index contributed by atoms with van der Waals surface area (Å²) in [4.78, 5) is 11.9. The molecule has 0 spiro atoms. The molecule has 1 rings (SSSR count). The monoisotopic (exact) mass is 291 g/mol. The van der Waals surface area contributed by atoms with E-state index in [1.165, 1.54) is 0 Å². The average Bonchev–Trinajstić information content (AvgIpc) is 2.37. The van der Waals surface area contributed by atoms with Gasteiger partial charge in [0.05, 0.1) is 6.04 Å². The fourth-order valence-electron chi connectivity index (χ4n) is 1.83. The van der Waals surface area contributed by atoms with Crippen LogP contribution in [0, 0.1) is 0 Å². The van der Waals surface area contributed by atoms with Crippen molar-refractivity contribution < 1.29 is 14.6 Å². The Morgan fingerprint density at radius 1 is 1.33 bits per heavy atom. The Kier molecular flexibility index (Phi) is 6.96. The molecule has 0 fully saturated rings. The summed E-state index contributed by atoms with van der Waals surface area (Å²) in [6.45, 7) is 5.60. The van der Waals surface area contributed by atoms with E-state index < -0.39 is 11.7 Å². The summed E-state index contributed by atoms with van der Waals surface area (Å²) in [5, 5.41) is 11.7. The summed E-state index contributed by atoms with van der Waals surface area (Å²) in [6.07, 6.45) is 4.58. The van der Waals surface area contributed by atoms with Crippen LogP contribution >= 0.6 is 0 Å². The predicted molar refractivity (Wildman–Crippen MR) is 84.1 cm³/mol. The van der Waals surface area contributed by atoms with Crippen molar-refractivity contribution in [1.29, 1.82) is 0 Å². The SMILES string of the molecule is CC(C)(C)OC(=O)NC(/C=C/CCO)Cc1ccccc1. The molecule has 0 aromatic heterocycles. The van der Waals surface area contributed by atoms with Crippen LogP contribution in [-0.2, 0) is 11.2 Å². The maximum Gasteiger partial charge on any atom is 0.408 e. The zero-order chi connectivity index (χ0) is 15.7. The Morgan fingerprint density at radius 3 is 2.57 bits per heavy atom. The number of ether oxygens (including phenoxy) is 1. The van der Waals surface area contributed by atoms with Crippen molar-refractivity contribution in [3.05, 3.63) is 48.0 Å². The molecule has 0 aliphatic rings. The molecule has 4 nitrogen and oxygen atoms in total. The summed E-state index contributed by atoms with van der Waals surface area (Å²) < 4.78 is 5.28. The highest BCUT2D eigenvalue weighted by molar-refractivity contribution is 5.68. The fraction of sp³-hybridized carbons (Fsp3) is 0.471. The van der Waals surface area contributed by atoms with Gasteiger partial charge < -0.3 is 15.2 Å². The first kappa shape index (κ1) is 17.2. The molecular weight excluding hydrogens is 266 g/mol. The van der Waals surface area contributed by atoms with Crippen LogP contribution in [0.4, 0.5) is 4.79 Å². The number of alkyl carbamates (subject to hydrolysis) is 1. The Bertz CT molecular complexity index is 449. The Hall–Kier alpha value is -1.81. The molecule has 0 radical (unpaired) electrons. The molecule has 0 aliphatic carbocycles. The second kappa shape index (κ2) is 8.47. The van der Waals surface area contributed by atoms with Gasteiger partial charge in [0.25, 0.3) is 0 Å². The molecule has 1 aromatic rings. The zero-order valence-corrected chi connectivity index (χ0v) is 13.0. The summed E-state index contributed by atoms with van der Waals surface area (Å²) in [5.41, 5.74) is 0.614. The number of carbonyl (C=O) groups is 1. The van der Waals surface area contributed by atoms with Gasteiger partial charge in [-0.05, 0) is 39.2 Å². The molecule has 116 valence electrons. The van der Waals surface area contributed by atoms with Gasteiger partial charge in [-0.1, -0.05) is 42.5 Å². The first-order valence-corrected chi connectivity index (χ1v) is 7.21. The summed E-state index contributed by atoms with van der Waals surface area (Å²) in [6, 6.07) is 9.78. The standard InChI is InChI=1S/C17H25NO3/c1-17(2,3)21-16(20)18-15(11-7-8-12-19)13-14-9-5-4-6-10-14/h4-7,9-11,15,19H,8,12-13H2,1-3H3,(H,18,20)/b11-7+. The third kappa shape index (κ3) is 8.15. The quantitative estimate of drug-likeness (QED) is 0.792. The molecule has 0 bridgehead atoms. The number of hydrogen-bond acceptors (Lipinski definition) is 3. The van der Waals surface area contributed by atoms with Crippen LogP contribution in [0.2, 0.25) is 0 Å². The number of rotatable bonds is 6. The van der Waals surface area contributed by atoms with Crippen LogP contribution in [-0.4, -0.2) is 29.4 Å². The molecule has 0 heterocycles. The number of amides is 1. The van der Waals surface area contributed by atoms with Crippen molar-refractivity contribution in [3.63, 3.8) is 0 Å². The second-order valence-corrected chi connectivity index (χ2v) is 5.88.